The van der Waals surface area contributed by atoms with Crippen LogP contribution >= 0.6 is 0 Å². The van der Waals surface area contributed by atoms with E-state index in [2.05, 4.69) is 0 Å². The molecule has 56 valence electrons. The summed E-state index contributed by atoms with van der Waals surface area (Å²) in [6.45, 7) is 4.58. The van der Waals surface area contributed by atoms with Crippen LogP contribution in [0, 0.1) is 5.41 Å². The van der Waals surface area contributed by atoms with Gasteiger partial charge in [0.25, 0.3) is 0 Å². The Kier molecular flexibility index (Phi) is 0.944. The molecule has 10 heavy (non-hydrogen) atoms. The van der Waals surface area contributed by atoms with Gasteiger partial charge in [-0.05, 0) is 0 Å². The van der Waals surface area contributed by atoms with E-state index in [0.717, 1.165) is 0 Å². The summed E-state index contributed by atoms with van der Waals surface area (Å²) < 4.78 is 10.0. The summed E-state index contributed by atoms with van der Waals surface area (Å²) in [5.41, 5.74) is 0.0264. The van der Waals surface area contributed by atoms with E-state index < -0.39 is 0 Å². The first-order chi connectivity index (χ1) is 4.61. The van der Waals surface area contributed by atoms with Crippen molar-refractivity contribution >= 4 is 5.97 Å². The quantitative estimate of drug-likeness (QED) is 0.361. The second-order valence-electron chi connectivity index (χ2n) is 3.57. The van der Waals surface area contributed by atoms with E-state index >= 15 is 0 Å². The molecule has 3 nitrogen and oxygen atoms in total. The molecule has 0 unspecified atom stereocenters. The van der Waals surface area contributed by atoms with E-state index in [1.165, 1.54) is 0 Å². The predicted molar refractivity (Wildman–Crippen MR) is 33.4 cm³/mol. The van der Waals surface area contributed by atoms with Gasteiger partial charge in [0.05, 0.1) is 6.61 Å². The third-order valence-electron chi connectivity index (χ3n) is 2.08. The van der Waals surface area contributed by atoms with Crippen LogP contribution in [0.1, 0.15) is 13.8 Å². The first-order valence-corrected chi connectivity index (χ1v) is 3.43. The Morgan fingerprint density at radius 1 is 1.60 bits per heavy atom. The molecule has 0 aromatic carbocycles. The molecule has 2 atom stereocenters. The maximum atomic E-state index is 10.8. The van der Waals surface area contributed by atoms with Gasteiger partial charge in [0.2, 0.25) is 0 Å². The second-order valence-corrected chi connectivity index (χ2v) is 3.57. The van der Waals surface area contributed by atoms with Crippen molar-refractivity contribution in [1.82, 2.24) is 0 Å². The number of ether oxygens (including phenoxy) is 2. The molecule has 0 saturated carbocycles. The molecule has 2 fully saturated rings. The fourth-order valence-electron chi connectivity index (χ4n) is 1.31. The van der Waals surface area contributed by atoms with Crippen LogP contribution in [0.4, 0.5) is 0 Å². The standard InChI is InChI=1S/C7H10O3/c1-7(2)3-9-6(8)4-5(7)10-4/h4-5H,3H2,1-2H3/t4-,5-/m0/s1. The van der Waals surface area contributed by atoms with Crippen molar-refractivity contribution in [3.8, 4) is 0 Å². The van der Waals surface area contributed by atoms with Gasteiger partial charge in [0.1, 0.15) is 6.10 Å². The number of hydrogen-bond acceptors (Lipinski definition) is 3. The van der Waals surface area contributed by atoms with Crippen molar-refractivity contribution in [3.63, 3.8) is 0 Å². The summed E-state index contributed by atoms with van der Waals surface area (Å²) in [7, 11) is 0. The van der Waals surface area contributed by atoms with Crippen LogP contribution in [-0.2, 0) is 14.3 Å². The van der Waals surface area contributed by atoms with Crippen LogP contribution in [-0.4, -0.2) is 24.8 Å². The maximum absolute atomic E-state index is 10.8. The van der Waals surface area contributed by atoms with Gasteiger partial charge in [-0.15, -0.1) is 0 Å². The van der Waals surface area contributed by atoms with Crippen molar-refractivity contribution in [2.75, 3.05) is 6.61 Å². The Hall–Kier alpha value is -0.570. The topological polar surface area (TPSA) is 38.8 Å². The molecule has 0 aromatic rings. The highest BCUT2D eigenvalue weighted by atomic mass is 16.7. The zero-order valence-corrected chi connectivity index (χ0v) is 6.09. The molecule has 0 radical (unpaired) electrons. The third kappa shape index (κ3) is 0.669. The zero-order valence-electron chi connectivity index (χ0n) is 6.09. The second kappa shape index (κ2) is 1.53. The van der Waals surface area contributed by atoms with Crippen LogP contribution in [0.2, 0.25) is 0 Å². The molecule has 3 heteroatoms. The Morgan fingerprint density at radius 2 is 2.30 bits per heavy atom. The number of cyclic esters (lactones) is 1. The molecule has 0 aliphatic carbocycles. The number of esters is 1. The van der Waals surface area contributed by atoms with E-state index in [0.29, 0.717) is 6.61 Å². The number of fused-ring (bicyclic) bond motifs is 1. The summed E-state index contributed by atoms with van der Waals surface area (Å²) >= 11 is 0. The average Bonchev–Trinajstić information content (AvgIpc) is 2.58. The van der Waals surface area contributed by atoms with E-state index in [4.69, 9.17) is 9.47 Å². The first kappa shape index (κ1) is 6.16. The molecule has 0 amide bonds. The van der Waals surface area contributed by atoms with E-state index in [9.17, 15) is 4.79 Å². The van der Waals surface area contributed by atoms with E-state index in [-0.39, 0.29) is 23.6 Å². The molecule has 2 heterocycles. The van der Waals surface area contributed by atoms with Crippen LogP contribution in [0.15, 0.2) is 0 Å². The molecule has 0 spiro atoms. The number of hydrogen-bond donors (Lipinski definition) is 0. The van der Waals surface area contributed by atoms with Gasteiger partial charge >= 0.3 is 5.97 Å². The predicted octanol–water partition coefficient (Wildman–Crippen LogP) is 0.337. The van der Waals surface area contributed by atoms with Crippen LogP contribution in [0.3, 0.4) is 0 Å². The lowest BCUT2D eigenvalue weighted by atomic mass is 9.87. The highest BCUT2D eigenvalue weighted by Gasteiger charge is 2.58. The molecule has 0 bridgehead atoms. The third-order valence-corrected chi connectivity index (χ3v) is 2.08. The molecular weight excluding hydrogens is 132 g/mol. The Bertz CT molecular complexity index is 185. The monoisotopic (exact) mass is 142 g/mol. The van der Waals surface area contributed by atoms with Crippen molar-refractivity contribution in [2.45, 2.75) is 26.1 Å². The van der Waals surface area contributed by atoms with Crippen molar-refractivity contribution in [3.05, 3.63) is 0 Å². The van der Waals surface area contributed by atoms with E-state index in [1.54, 1.807) is 0 Å². The molecule has 0 N–H and O–H groups in total. The minimum atomic E-state index is -0.247. The lowest BCUT2D eigenvalue weighted by molar-refractivity contribution is -0.150. The summed E-state index contributed by atoms with van der Waals surface area (Å²) in [6.07, 6.45) is -0.127. The van der Waals surface area contributed by atoms with Crippen LogP contribution in [0.25, 0.3) is 0 Å². The Morgan fingerprint density at radius 3 is 2.90 bits per heavy atom. The van der Waals surface area contributed by atoms with Gasteiger partial charge < -0.3 is 9.47 Å². The lowest BCUT2D eigenvalue weighted by Gasteiger charge is -2.24. The summed E-state index contributed by atoms with van der Waals surface area (Å²) in [5, 5.41) is 0. The summed E-state index contributed by atoms with van der Waals surface area (Å²) in [5.74, 6) is -0.190. The Labute approximate surface area is 59.3 Å². The summed E-state index contributed by atoms with van der Waals surface area (Å²) in [4.78, 5) is 10.8. The van der Waals surface area contributed by atoms with Gasteiger partial charge in [-0.1, -0.05) is 13.8 Å². The minimum Gasteiger partial charge on any atom is -0.463 e. The van der Waals surface area contributed by atoms with Gasteiger partial charge in [-0.2, -0.15) is 0 Å². The Balaban J connectivity index is 2.16. The van der Waals surface area contributed by atoms with Crippen molar-refractivity contribution in [1.29, 1.82) is 0 Å². The van der Waals surface area contributed by atoms with Gasteiger partial charge in [-0.25, -0.2) is 4.79 Å². The molecule has 2 saturated heterocycles. The maximum Gasteiger partial charge on any atom is 0.338 e. The van der Waals surface area contributed by atoms with Crippen LogP contribution < -0.4 is 0 Å². The highest BCUT2D eigenvalue weighted by molar-refractivity contribution is 5.79. The SMILES string of the molecule is CC1(C)COC(=O)[C@H]2O[C@@H]21. The van der Waals surface area contributed by atoms with Gasteiger partial charge in [0, 0.05) is 5.41 Å². The summed E-state index contributed by atoms with van der Waals surface area (Å²) in [6, 6.07) is 0. The largest absolute Gasteiger partial charge is 0.463 e. The first-order valence-electron chi connectivity index (χ1n) is 3.43. The molecule has 0 aromatic heterocycles. The highest BCUT2D eigenvalue weighted by Crippen LogP contribution is 2.42. The normalized spacial score (nSPS) is 42.0. The van der Waals surface area contributed by atoms with Crippen molar-refractivity contribution < 1.29 is 14.3 Å². The molecule has 2 aliphatic rings. The molecule has 2 aliphatic heterocycles. The average molecular weight is 142 g/mol. The number of carbonyl (C=O) groups is 1. The molecular formula is C7H10O3. The fourth-order valence-corrected chi connectivity index (χ4v) is 1.31. The van der Waals surface area contributed by atoms with Crippen LogP contribution in [0.5, 0.6) is 0 Å². The minimum absolute atomic E-state index is 0.0264. The number of rotatable bonds is 0. The number of epoxide rings is 1. The smallest absolute Gasteiger partial charge is 0.338 e. The van der Waals surface area contributed by atoms with E-state index in [1.807, 2.05) is 13.8 Å². The fraction of sp³-hybridized carbons (Fsp3) is 0.857. The van der Waals surface area contributed by atoms with Crippen molar-refractivity contribution in [2.24, 2.45) is 5.41 Å². The van der Waals surface area contributed by atoms with Gasteiger partial charge in [-0.3, -0.25) is 0 Å². The lowest BCUT2D eigenvalue weighted by Crippen LogP contribution is -2.36. The number of carbonyl (C=O) groups excluding carboxylic acids is 1. The van der Waals surface area contributed by atoms with Gasteiger partial charge in [0.15, 0.2) is 6.10 Å². The molecule has 2 rings (SSSR count). The zero-order chi connectivity index (χ0) is 7.35.